The number of hydrogen-bond acceptors (Lipinski definition) is 0. The first kappa shape index (κ1) is 10.7. The molecule has 1 rings (SSSR count). The van der Waals surface area contributed by atoms with E-state index in [0.717, 1.165) is 23.8 Å². The second kappa shape index (κ2) is 4.26. The van der Waals surface area contributed by atoms with Crippen molar-refractivity contribution < 1.29 is 4.58 Å². The van der Waals surface area contributed by atoms with Crippen LogP contribution in [0.4, 0.5) is 0 Å². The van der Waals surface area contributed by atoms with E-state index < -0.39 is 0 Å². The maximum atomic E-state index is 2.40. The molecule has 4 unspecified atom stereocenters. The fourth-order valence-corrected chi connectivity index (χ4v) is 2.88. The molecular formula is C12H24N+. The Kier molecular flexibility index (Phi) is 3.52. The standard InChI is InChI=1S/C12H24N/c1-6-11-8-9(3)12(11)10(4)13(5)7-2/h7,9-12H,6,8H2,1-5H3/q+1. The van der Waals surface area contributed by atoms with Crippen LogP contribution in [0.2, 0.25) is 0 Å². The maximum absolute atomic E-state index is 2.40. The first-order valence-electron chi connectivity index (χ1n) is 5.63. The molecule has 1 saturated carbocycles. The second-order valence-corrected chi connectivity index (χ2v) is 4.62. The number of nitrogens with zero attached hydrogens (tertiary/aromatic N) is 1. The van der Waals surface area contributed by atoms with Crippen LogP contribution in [0.15, 0.2) is 0 Å². The summed E-state index contributed by atoms with van der Waals surface area (Å²) in [6.45, 7) is 9.21. The molecule has 0 saturated heterocycles. The van der Waals surface area contributed by atoms with Crippen LogP contribution in [0.5, 0.6) is 0 Å². The van der Waals surface area contributed by atoms with Crippen molar-refractivity contribution in [2.75, 3.05) is 7.05 Å². The Morgan fingerprint density at radius 1 is 1.54 bits per heavy atom. The van der Waals surface area contributed by atoms with E-state index in [4.69, 9.17) is 0 Å². The van der Waals surface area contributed by atoms with Gasteiger partial charge in [0.05, 0.1) is 0 Å². The molecule has 0 heterocycles. The Morgan fingerprint density at radius 3 is 2.54 bits per heavy atom. The lowest BCUT2D eigenvalue weighted by molar-refractivity contribution is -0.547. The van der Waals surface area contributed by atoms with Gasteiger partial charge in [-0.05, 0) is 25.2 Å². The van der Waals surface area contributed by atoms with Gasteiger partial charge in [0.25, 0.3) is 0 Å². The quantitative estimate of drug-likeness (QED) is 0.466. The predicted molar refractivity (Wildman–Crippen MR) is 58.4 cm³/mol. The molecular weight excluding hydrogens is 158 g/mol. The topological polar surface area (TPSA) is 3.01 Å². The van der Waals surface area contributed by atoms with Crippen LogP contribution in [-0.2, 0) is 0 Å². The van der Waals surface area contributed by atoms with Gasteiger partial charge in [-0.15, -0.1) is 0 Å². The minimum Gasteiger partial charge on any atom is -0.240 e. The van der Waals surface area contributed by atoms with Crippen LogP contribution in [0.3, 0.4) is 0 Å². The SMILES string of the molecule is CC=[N+](C)C(C)C1C(C)CC1CC. The van der Waals surface area contributed by atoms with E-state index in [1.807, 2.05) is 0 Å². The monoisotopic (exact) mass is 182 g/mol. The van der Waals surface area contributed by atoms with Crippen LogP contribution >= 0.6 is 0 Å². The normalized spacial score (nSPS) is 37.0. The highest BCUT2D eigenvalue weighted by Crippen LogP contribution is 2.44. The maximum Gasteiger partial charge on any atom is 0.152 e. The molecule has 1 heteroatoms. The van der Waals surface area contributed by atoms with Gasteiger partial charge in [0.1, 0.15) is 13.3 Å². The van der Waals surface area contributed by atoms with Gasteiger partial charge in [0.2, 0.25) is 0 Å². The molecule has 0 N–H and O–H groups in total. The van der Waals surface area contributed by atoms with Crippen molar-refractivity contribution in [2.45, 2.75) is 46.6 Å². The average Bonchev–Trinajstić information content (AvgIpc) is 2.12. The third-order valence-electron chi connectivity index (χ3n) is 4.01. The van der Waals surface area contributed by atoms with Gasteiger partial charge in [0.15, 0.2) is 6.04 Å². The van der Waals surface area contributed by atoms with E-state index >= 15 is 0 Å². The van der Waals surface area contributed by atoms with Crippen molar-refractivity contribution >= 4 is 6.21 Å². The lowest BCUT2D eigenvalue weighted by Gasteiger charge is -2.44. The average molecular weight is 182 g/mol. The summed E-state index contributed by atoms with van der Waals surface area (Å²) in [7, 11) is 2.20. The van der Waals surface area contributed by atoms with E-state index in [0.29, 0.717) is 0 Å². The Balaban J connectivity index is 2.59. The number of hydrogen-bond donors (Lipinski definition) is 0. The van der Waals surface area contributed by atoms with E-state index in [9.17, 15) is 0 Å². The van der Waals surface area contributed by atoms with Crippen LogP contribution in [-0.4, -0.2) is 23.9 Å². The van der Waals surface area contributed by atoms with Gasteiger partial charge in [-0.25, -0.2) is 4.58 Å². The fraction of sp³-hybridized carbons (Fsp3) is 0.917. The molecule has 1 fully saturated rings. The van der Waals surface area contributed by atoms with Crippen LogP contribution < -0.4 is 0 Å². The van der Waals surface area contributed by atoms with Crippen molar-refractivity contribution in [3.05, 3.63) is 0 Å². The highest BCUT2D eigenvalue weighted by molar-refractivity contribution is 5.46. The molecule has 0 spiro atoms. The first-order valence-corrected chi connectivity index (χ1v) is 5.63. The fourth-order valence-electron chi connectivity index (χ4n) is 2.88. The highest BCUT2D eigenvalue weighted by Gasteiger charge is 2.43. The van der Waals surface area contributed by atoms with Gasteiger partial charge >= 0.3 is 0 Å². The summed E-state index contributed by atoms with van der Waals surface area (Å²) in [5.41, 5.74) is 0. The molecule has 1 nitrogen and oxygen atoms in total. The molecule has 4 atom stereocenters. The zero-order chi connectivity index (χ0) is 10.0. The Labute approximate surface area is 82.9 Å². The van der Waals surface area contributed by atoms with Gasteiger partial charge in [-0.2, -0.15) is 0 Å². The van der Waals surface area contributed by atoms with E-state index in [1.165, 1.54) is 12.8 Å². The third kappa shape index (κ3) is 1.95. The summed E-state index contributed by atoms with van der Waals surface area (Å²) >= 11 is 0. The lowest BCUT2D eigenvalue weighted by Crippen LogP contribution is -2.45. The molecule has 0 radical (unpaired) electrons. The van der Waals surface area contributed by atoms with Crippen molar-refractivity contribution in [3.8, 4) is 0 Å². The summed E-state index contributed by atoms with van der Waals surface area (Å²) in [6.07, 6.45) is 5.00. The van der Waals surface area contributed by atoms with Gasteiger partial charge in [0, 0.05) is 12.8 Å². The van der Waals surface area contributed by atoms with Crippen molar-refractivity contribution in [3.63, 3.8) is 0 Å². The predicted octanol–water partition coefficient (Wildman–Crippen LogP) is 2.79. The molecule has 0 aliphatic heterocycles. The van der Waals surface area contributed by atoms with Crippen LogP contribution in [0.25, 0.3) is 0 Å². The molecule has 0 aromatic heterocycles. The van der Waals surface area contributed by atoms with Crippen molar-refractivity contribution in [1.82, 2.24) is 0 Å². The van der Waals surface area contributed by atoms with Gasteiger partial charge < -0.3 is 0 Å². The highest BCUT2D eigenvalue weighted by atomic mass is 15.0. The van der Waals surface area contributed by atoms with E-state index in [2.05, 4.69) is 45.5 Å². The van der Waals surface area contributed by atoms with Crippen molar-refractivity contribution in [1.29, 1.82) is 0 Å². The summed E-state index contributed by atoms with van der Waals surface area (Å²) in [5, 5.41) is 0. The second-order valence-electron chi connectivity index (χ2n) is 4.62. The zero-order valence-corrected chi connectivity index (χ0v) is 9.75. The zero-order valence-electron chi connectivity index (χ0n) is 9.75. The lowest BCUT2D eigenvalue weighted by atomic mass is 9.61. The Bertz CT molecular complexity index is 195. The molecule has 0 amide bonds. The Morgan fingerprint density at radius 2 is 2.15 bits per heavy atom. The minimum atomic E-state index is 0.721. The Hall–Kier alpha value is -0.330. The summed E-state index contributed by atoms with van der Waals surface area (Å²) < 4.78 is 2.36. The summed E-state index contributed by atoms with van der Waals surface area (Å²) in [6, 6.07) is 0.721. The van der Waals surface area contributed by atoms with E-state index in [1.54, 1.807) is 0 Å². The molecule has 0 aromatic carbocycles. The molecule has 1 aliphatic rings. The summed E-state index contributed by atoms with van der Waals surface area (Å²) in [4.78, 5) is 0. The molecule has 1 aliphatic carbocycles. The minimum absolute atomic E-state index is 0.721. The van der Waals surface area contributed by atoms with Crippen LogP contribution in [0.1, 0.15) is 40.5 Å². The van der Waals surface area contributed by atoms with Gasteiger partial charge in [-0.1, -0.05) is 20.3 Å². The summed E-state index contributed by atoms with van der Waals surface area (Å²) in [5.74, 6) is 2.83. The smallest absolute Gasteiger partial charge is 0.152 e. The van der Waals surface area contributed by atoms with Crippen molar-refractivity contribution in [2.24, 2.45) is 17.8 Å². The van der Waals surface area contributed by atoms with Gasteiger partial charge in [-0.3, -0.25) is 0 Å². The number of rotatable bonds is 3. The molecule has 13 heavy (non-hydrogen) atoms. The van der Waals surface area contributed by atoms with Crippen LogP contribution in [0, 0.1) is 17.8 Å². The third-order valence-corrected chi connectivity index (χ3v) is 4.01. The van der Waals surface area contributed by atoms with E-state index in [-0.39, 0.29) is 0 Å². The molecule has 0 aromatic rings. The largest absolute Gasteiger partial charge is 0.240 e. The first-order chi connectivity index (χ1) is 6.11. The molecule has 76 valence electrons. The molecule has 0 bridgehead atoms.